The minimum absolute atomic E-state index is 0.178. The molecule has 1 aromatic carbocycles. The van der Waals surface area contributed by atoms with Gasteiger partial charge in [0.15, 0.2) is 5.78 Å². The second kappa shape index (κ2) is 4.98. The van der Waals surface area contributed by atoms with Gasteiger partial charge in [0.25, 0.3) is 0 Å². The fourth-order valence-corrected chi connectivity index (χ4v) is 2.39. The molecule has 104 valence electrons. The Kier molecular flexibility index (Phi) is 3.14. The molecule has 0 aliphatic carbocycles. The molecule has 0 radical (unpaired) electrons. The van der Waals surface area contributed by atoms with Crippen LogP contribution in [-0.2, 0) is 0 Å². The van der Waals surface area contributed by atoms with E-state index >= 15 is 0 Å². The number of hydrogen-bond donors (Lipinski definition) is 0. The first kappa shape index (κ1) is 13.2. The number of Topliss-reactive ketones (excluding diaryl/α,β-unsaturated/α-hetero) is 1. The molecule has 0 bridgehead atoms. The summed E-state index contributed by atoms with van der Waals surface area (Å²) in [6, 6.07) is 11.2. The van der Waals surface area contributed by atoms with Crippen molar-refractivity contribution in [3.05, 3.63) is 70.1 Å². The van der Waals surface area contributed by atoms with Crippen LogP contribution in [0.5, 0.6) is 0 Å². The van der Waals surface area contributed by atoms with E-state index in [1.807, 2.05) is 31.2 Å². The zero-order valence-electron chi connectivity index (χ0n) is 11.8. The maximum Gasteiger partial charge on any atom is 0.201 e. The normalized spacial score (nSPS) is 10.8. The fourth-order valence-electron chi connectivity index (χ4n) is 2.39. The van der Waals surface area contributed by atoms with Crippen LogP contribution in [0.2, 0.25) is 0 Å². The van der Waals surface area contributed by atoms with E-state index in [4.69, 9.17) is 0 Å². The van der Waals surface area contributed by atoms with Gasteiger partial charge in [0.1, 0.15) is 5.65 Å². The predicted octanol–water partition coefficient (Wildman–Crippen LogP) is 2.90. The van der Waals surface area contributed by atoms with Crippen molar-refractivity contribution in [1.82, 2.24) is 9.55 Å². The van der Waals surface area contributed by atoms with Gasteiger partial charge < -0.3 is 4.57 Å². The number of benzene rings is 1. The largest absolute Gasteiger partial charge is 0.300 e. The first-order valence-electron chi connectivity index (χ1n) is 6.66. The highest BCUT2D eigenvalue weighted by molar-refractivity contribution is 5.97. The summed E-state index contributed by atoms with van der Waals surface area (Å²) >= 11 is 0. The molecule has 0 N–H and O–H groups in total. The molecule has 3 rings (SSSR count). The molecule has 4 heteroatoms. The smallest absolute Gasteiger partial charge is 0.201 e. The Bertz CT molecular complexity index is 910. The lowest BCUT2D eigenvalue weighted by molar-refractivity contribution is 0.101. The third kappa shape index (κ3) is 2.25. The lowest BCUT2D eigenvalue weighted by atomic mass is 10.1. The molecule has 4 nitrogen and oxygen atoms in total. The topological polar surface area (TPSA) is 52.0 Å². The summed E-state index contributed by atoms with van der Waals surface area (Å²) < 4.78 is 1.79. The van der Waals surface area contributed by atoms with Gasteiger partial charge in [-0.3, -0.25) is 9.59 Å². The van der Waals surface area contributed by atoms with Crippen LogP contribution in [-0.4, -0.2) is 15.3 Å². The quantitative estimate of drug-likeness (QED) is 0.677. The van der Waals surface area contributed by atoms with E-state index in [1.165, 1.54) is 6.92 Å². The highest BCUT2D eigenvalue weighted by Crippen LogP contribution is 2.17. The van der Waals surface area contributed by atoms with Crippen LogP contribution >= 0.6 is 0 Å². The Morgan fingerprint density at radius 3 is 2.71 bits per heavy atom. The summed E-state index contributed by atoms with van der Waals surface area (Å²) in [7, 11) is 0. The molecule has 0 amide bonds. The molecule has 0 unspecified atom stereocenters. The van der Waals surface area contributed by atoms with Gasteiger partial charge in [0.05, 0.1) is 10.9 Å². The number of carbonyl (C=O) groups excluding carboxylic acids is 1. The summed E-state index contributed by atoms with van der Waals surface area (Å²) in [6.45, 7) is 3.40. The number of rotatable bonds is 2. The van der Waals surface area contributed by atoms with E-state index in [-0.39, 0.29) is 16.8 Å². The van der Waals surface area contributed by atoms with Gasteiger partial charge in [-0.15, -0.1) is 0 Å². The van der Waals surface area contributed by atoms with Gasteiger partial charge in [-0.25, -0.2) is 4.98 Å². The van der Waals surface area contributed by atoms with Gasteiger partial charge in [-0.2, -0.15) is 0 Å². The molecule has 21 heavy (non-hydrogen) atoms. The standard InChI is InChI=1S/C17H14N2O2/c1-11-5-3-6-13(9-11)19-10-15(12(2)20)16(21)14-7-4-8-18-17(14)19/h3-10H,1-2H3. The Balaban J connectivity index is 2.44. The minimum Gasteiger partial charge on any atom is -0.300 e. The van der Waals surface area contributed by atoms with E-state index in [1.54, 1.807) is 29.1 Å². The van der Waals surface area contributed by atoms with Gasteiger partial charge >= 0.3 is 0 Å². The first-order valence-corrected chi connectivity index (χ1v) is 6.66. The van der Waals surface area contributed by atoms with E-state index in [2.05, 4.69) is 4.98 Å². The van der Waals surface area contributed by atoms with Crippen LogP contribution in [0.3, 0.4) is 0 Å². The summed E-state index contributed by atoms with van der Waals surface area (Å²) in [6.07, 6.45) is 3.22. The zero-order valence-corrected chi connectivity index (χ0v) is 11.8. The van der Waals surface area contributed by atoms with Crippen LogP contribution in [0.1, 0.15) is 22.8 Å². The van der Waals surface area contributed by atoms with Crippen molar-refractivity contribution in [2.75, 3.05) is 0 Å². The Morgan fingerprint density at radius 2 is 2.00 bits per heavy atom. The second-order valence-electron chi connectivity index (χ2n) is 5.01. The number of carbonyl (C=O) groups is 1. The monoisotopic (exact) mass is 278 g/mol. The number of ketones is 1. The van der Waals surface area contributed by atoms with Crippen molar-refractivity contribution < 1.29 is 4.79 Å². The summed E-state index contributed by atoms with van der Waals surface area (Å²) in [4.78, 5) is 28.4. The number of pyridine rings is 2. The lowest BCUT2D eigenvalue weighted by Gasteiger charge is -2.12. The van der Waals surface area contributed by atoms with Crippen molar-refractivity contribution in [2.45, 2.75) is 13.8 Å². The highest BCUT2D eigenvalue weighted by atomic mass is 16.1. The molecule has 0 atom stereocenters. The van der Waals surface area contributed by atoms with Crippen LogP contribution in [0, 0.1) is 6.92 Å². The lowest BCUT2D eigenvalue weighted by Crippen LogP contribution is -2.17. The summed E-state index contributed by atoms with van der Waals surface area (Å²) in [5.41, 5.74) is 2.44. The van der Waals surface area contributed by atoms with Gasteiger partial charge in [-0.05, 0) is 43.7 Å². The number of nitrogens with zero attached hydrogens (tertiary/aromatic N) is 2. The molecular formula is C17H14N2O2. The molecule has 0 aliphatic heterocycles. The minimum atomic E-state index is -0.269. The van der Waals surface area contributed by atoms with Crippen molar-refractivity contribution in [3.63, 3.8) is 0 Å². The van der Waals surface area contributed by atoms with Crippen LogP contribution in [0.25, 0.3) is 16.7 Å². The molecule has 2 aromatic heterocycles. The number of aromatic nitrogens is 2. The van der Waals surface area contributed by atoms with Crippen LogP contribution in [0.4, 0.5) is 0 Å². The third-order valence-corrected chi connectivity index (χ3v) is 3.42. The van der Waals surface area contributed by atoms with Crippen molar-refractivity contribution >= 4 is 16.8 Å². The van der Waals surface area contributed by atoms with E-state index in [9.17, 15) is 9.59 Å². The third-order valence-electron chi connectivity index (χ3n) is 3.42. The Hall–Kier alpha value is -2.75. The Labute approximate surface area is 121 Å². The summed E-state index contributed by atoms with van der Waals surface area (Å²) in [5, 5.41) is 0.451. The van der Waals surface area contributed by atoms with Crippen molar-refractivity contribution in [2.24, 2.45) is 0 Å². The maximum absolute atomic E-state index is 12.3. The van der Waals surface area contributed by atoms with Crippen molar-refractivity contribution in [1.29, 1.82) is 0 Å². The van der Waals surface area contributed by atoms with E-state index < -0.39 is 0 Å². The summed E-state index contributed by atoms with van der Waals surface area (Å²) in [5.74, 6) is -0.243. The SMILES string of the molecule is CC(=O)c1cn(-c2cccc(C)c2)c2ncccc2c1=O. The van der Waals surface area contributed by atoms with E-state index in [0.717, 1.165) is 11.3 Å². The number of fused-ring (bicyclic) bond motifs is 1. The van der Waals surface area contributed by atoms with Gasteiger partial charge in [-0.1, -0.05) is 12.1 Å². The zero-order chi connectivity index (χ0) is 15.0. The molecule has 0 saturated carbocycles. The molecule has 3 aromatic rings. The van der Waals surface area contributed by atoms with Crippen LogP contribution < -0.4 is 5.43 Å². The first-order chi connectivity index (χ1) is 10.1. The molecular weight excluding hydrogens is 264 g/mol. The molecule has 0 fully saturated rings. The molecule has 0 spiro atoms. The Morgan fingerprint density at radius 1 is 1.19 bits per heavy atom. The van der Waals surface area contributed by atoms with Crippen molar-refractivity contribution in [3.8, 4) is 5.69 Å². The molecule has 0 aliphatic rings. The van der Waals surface area contributed by atoms with Gasteiger partial charge in [0, 0.05) is 18.1 Å². The van der Waals surface area contributed by atoms with E-state index in [0.29, 0.717) is 11.0 Å². The molecule has 2 heterocycles. The number of aryl methyl sites for hydroxylation is 1. The molecule has 0 saturated heterocycles. The highest BCUT2D eigenvalue weighted by Gasteiger charge is 2.13. The second-order valence-corrected chi connectivity index (χ2v) is 5.01. The van der Waals surface area contributed by atoms with Crippen LogP contribution in [0.15, 0.2) is 53.6 Å². The average Bonchev–Trinajstić information content (AvgIpc) is 2.47. The number of hydrogen-bond acceptors (Lipinski definition) is 3. The average molecular weight is 278 g/mol. The van der Waals surface area contributed by atoms with Gasteiger partial charge in [0.2, 0.25) is 5.43 Å². The maximum atomic E-state index is 12.3. The predicted molar refractivity (Wildman–Crippen MR) is 82.1 cm³/mol. The fraction of sp³-hybridized carbons (Fsp3) is 0.118.